The van der Waals surface area contributed by atoms with E-state index < -0.39 is 16.1 Å². The van der Waals surface area contributed by atoms with E-state index in [9.17, 15) is 13.2 Å². The van der Waals surface area contributed by atoms with Gasteiger partial charge in [0, 0.05) is 0 Å². The molecular weight excluding hydrogens is 328 g/mol. The van der Waals surface area contributed by atoms with Crippen LogP contribution in [0.4, 0.5) is 0 Å². The molecule has 0 spiro atoms. The predicted molar refractivity (Wildman–Crippen MR) is 90.9 cm³/mol. The number of carbonyl (C=O) groups excluding carboxylic acids is 1. The molecule has 24 heavy (non-hydrogen) atoms. The molecule has 2 aromatic carbocycles. The molecule has 2 rings (SSSR count). The van der Waals surface area contributed by atoms with E-state index in [0.717, 1.165) is 11.1 Å². The van der Waals surface area contributed by atoms with Crippen molar-refractivity contribution in [1.29, 1.82) is 0 Å². The Hall–Kier alpha value is -2.34. The van der Waals surface area contributed by atoms with Crippen LogP contribution in [0.2, 0.25) is 0 Å². The molecule has 5 nitrogen and oxygen atoms in total. The summed E-state index contributed by atoms with van der Waals surface area (Å²) in [5.41, 5.74) is 2.00. The normalized spacial score (nSPS) is 11.4. The summed E-state index contributed by atoms with van der Waals surface area (Å²) in [6, 6.07) is 10.9. The van der Waals surface area contributed by atoms with E-state index in [1.165, 1.54) is 31.4 Å². The molecule has 0 aliphatic carbocycles. The van der Waals surface area contributed by atoms with Gasteiger partial charge in [-0.2, -0.15) is 8.42 Å². The Morgan fingerprint density at radius 1 is 1.04 bits per heavy atom. The first kappa shape index (κ1) is 18.0. The number of esters is 1. The Balaban J connectivity index is 2.35. The first-order chi connectivity index (χ1) is 11.2. The largest absolute Gasteiger partial charge is 0.465 e. The van der Waals surface area contributed by atoms with Gasteiger partial charge in [0.1, 0.15) is 10.6 Å². The number of benzene rings is 2. The van der Waals surface area contributed by atoms with Crippen molar-refractivity contribution < 1.29 is 22.1 Å². The Morgan fingerprint density at radius 3 is 2.21 bits per heavy atom. The van der Waals surface area contributed by atoms with Crippen molar-refractivity contribution in [2.45, 2.75) is 31.6 Å². The zero-order chi connectivity index (χ0) is 17.9. The van der Waals surface area contributed by atoms with E-state index in [1.807, 2.05) is 32.9 Å². The third kappa shape index (κ3) is 3.94. The minimum absolute atomic E-state index is 0.0219. The molecule has 0 aliphatic heterocycles. The van der Waals surface area contributed by atoms with E-state index in [1.54, 1.807) is 6.07 Å². The molecule has 0 heterocycles. The highest BCUT2D eigenvalue weighted by molar-refractivity contribution is 7.87. The lowest BCUT2D eigenvalue weighted by Crippen LogP contribution is -2.12. The van der Waals surface area contributed by atoms with Crippen LogP contribution in [-0.2, 0) is 14.9 Å². The number of hydrogen-bond acceptors (Lipinski definition) is 5. The number of methoxy groups -OCH3 is 1. The molecule has 128 valence electrons. The van der Waals surface area contributed by atoms with E-state index in [4.69, 9.17) is 4.18 Å². The van der Waals surface area contributed by atoms with Crippen LogP contribution in [-0.4, -0.2) is 21.5 Å². The highest BCUT2D eigenvalue weighted by atomic mass is 32.2. The molecule has 0 N–H and O–H groups in total. The van der Waals surface area contributed by atoms with E-state index in [-0.39, 0.29) is 16.4 Å². The van der Waals surface area contributed by atoms with Crippen molar-refractivity contribution in [1.82, 2.24) is 0 Å². The van der Waals surface area contributed by atoms with Gasteiger partial charge in [0.05, 0.1) is 12.7 Å². The Bertz CT molecular complexity index is 836. The molecular formula is C18H20O5S. The maximum atomic E-state index is 12.5. The minimum atomic E-state index is -3.99. The van der Waals surface area contributed by atoms with Crippen LogP contribution in [0.3, 0.4) is 0 Å². The molecule has 6 heteroatoms. The Labute approximate surface area is 142 Å². The van der Waals surface area contributed by atoms with Gasteiger partial charge < -0.3 is 8.92 Å². The van der Waals surface area contributed by atoms with Crippen molar-refractivity contribution in [3.05, 3.63) is 59.2 Å². The summed E-state index contributed by atoms with van der Waals surface area (Å²) in [5, 5.41) is 0. The summed E-state index contributed by atoms with van der Waals surface area (Å²) in [5.74, 6) is -0.0832. The van der Waals surface area contributed by atoms with Gasteiger partial charge in [-0.05, 0) is 54.3 Å². The molecule has 0 saturated carbocycles. The van der Waals surface area contributed by atoms with Crippen LogP contribution in [0.5, 0.6) is 5.75 Å². The van der Waals surface area contributed by atoms with Crippen LogP contribution in [0.25, 0.3) is 0 Å². The summed E-state index contributed by atoms with van der Waals surface area (Å²) < 4.78 is 34.9. The smallest absolute Gasteiger partial charge is 0.339 e. The molecule has 0 aliphatic rings. The van der Waals surface area contributed by atoms with Crippen molar-refractivity contribution in [2.24, 2.45) is 0 Å². The number of carbonyl (C=O) groups is 1. The number of rotatable bonds is 5. The van der Waals surface area contributed by atoms with Crippen molar-refractivity contribution in [2.75, 3.05) is 7.11 Å². The van der Waals surface area contributed by atoms with Crippen LogP contribution < -0.4 is 4.18 Å². The third-order valence-corrected chi connectivity index (χ3v) is 4.80. The zero-order valence-corrected chi connectivity index (χ0v) is 14.9. The average Bonchev–Trinajstić information content (AvgIpc) is 2.53. The van der Waals surface area contributed by atoms with Gasteiger partial charge in [0.2, 0.25) is 0 Å². The molecule has 0 amide bonds. The van der Waals surface area contributed by atoms with Crippen LogP contribution >= 0.6 is 0 Å². The summed E-state index contributed by atoms with van der Waals surface area (Å²) in [4.78, 5) is 11.4. The fraction of sp³-hybridized carbons (Fsp3) is 0.278. The molecule has 0 unspecified atom stereocenters. The monoisotopic (exact) mass is 348 g/mol. The second-order valence-corrected chi connectivity index (χ2v) is 7.30. The quantitative estimate of drug-likeness (QED) is 0.609. The first-order valence-electron chi connectivity index (χ1n) is 7.48. The van der Waals surface area contributed by atoms with Crippen LogP contribution in [0, 0.1) is 6.92 Å². The van der Waals surface area contributed by atoms with Gasteiger partial charge in [-0.25, -0.2) is 4.79 Å². The lowest BCUT2D eigenvalue weighted by molar-refractivity contribution is 0.0600. The molecule has 0 radical (unpaired) electrons. The summed E-state index contributed by atoms with van der Waals surface area (Å²) >= 11 is 0. The van der Waals surface area contributed by atoms with Crippen molar-refractivity contribution >= 4 is 16.1 Å². The Morgan fingerprint density at radius 2 is 1.67 bits per heavy atom. The molecule has 0 bridgehead atoms. The topological polar surface area (TPSA) is 69.7 Å². The third-order valence-electron chi connectivity index (χ3n) is 3.55. The maximum absolute atomic E-state index is 12.5. The van der Waals surface area contributed by atoms with Crippen LogP contribution in [0.15, 0.2) is 47.4 Å². The lowest BCUT2D eigenvalue weighted by Gasteiger charge is -2.14. The van der Waals surface area contributed by atoms with E-state index in [2.05, 4.69) is 4.74 Å². The van der Waals surface area contributed by atoms with Crippen LogP contribution in [0.1, 0.15) is 41.3 Å². The van der Waals surface area contributed by atoms with Crippen molar-refractivity contribution in [3.63, 3.8) is 0 Å². The number of aryl methyl sites for hydroxylation is 1. The highest BCUT2D eigenvalue weighted by Crippen LogP contribution is 2.30. The van der Waals surface area contributed by atoms with Gasteiger partial charge in [-0.3, -0.25) is 0 Å². The summed E-state index contributed by atoms with van der Waals surface area (Å²) in [6.07, 6.45) is 0. The maximum Gasteiger partial charge on any atom is 0.339 e. The van der Waals surface area contributed by atoms with Gasteiger partial charge >= 0.3 is 16.1 Å². The summed E-state index contributed by atoms with van der Waals surface area (Å²) in [7, 11) is -2.72. The predicted octanol–water partition coefficient (Wildman–Crippen LogP) is 3.67. The Kier molecular flexibility index (Phi) is 5.29. The molecule has 0 aromatic heterocycles. The van der Waals surface area contributed by atoms with Gasteiger partial charge in [0.15, 0.2) is 0 Å². The molecule has 0 atom stereocenters. The second kappa shape index (κ2) is 7.05. The second-order valence-electron chi connectivity index (χ2n) is 5.75. The zero-order valence-electron chi connectivity index (χ0n) is 14.1. The standard InChI is InChI=1S/C18H20O5S/c1-12(2)16-10-5-13(3)11-17(16)23-24(20,21)15-8-6-14(7-9-15)18(19)22-4/h5-12H,1-4H3. The summed E-state index contributed by atoms with van der Waals surface area (Å²) in [6.45, 7) is 5.80. The number of hydrogen-bond donors (Lipinski definition) is 0. The lowest BCUT2D eigenvalue weighted by atomic mass is 10.0. The van der Waals surface area contributed by atoms with Gasteiger partial charge in [-0.15, -0.1) is 0 Å². The van der Waals surface area contributed by atoms with Crippen molar-refractivity contribution in [3.8, 4) is 5.75 Å². The van der Waals surface area contributed by atoms with Gasteiger partial charge in [0.25, 0.3) is 0 Å². The number of ether oxygens (including phenoxy) is 1. The average molecular weight is 348 g/mol. The fourth-order valence-corrected chi connectivity index (χ4v) is 3.18. The highest BCUT2D eigenvalue weighted by Gasteiger charge is 2.20. The minimum Gasteiger partial charge on any atom is -0.465 e. The molecule has 0 fully saturated rings. The molecule has 0 saturated heterocycles. The van der Waals surface area contributed by atoms with E-state index >= 15 is 0 Å². The fourth-order valence-electron chi connectivity index (χ4n) is 2.23. The first-order valence-corrected chi connectivity index (χ1v) is 8.89. The van der Waals surface area contributed by atoms with E-state index in [0.29, 0.717) is 5.75 Å². The SMILES string of the molecule is COC(=O)c1ccc(S(=O)(=O)Oc2cc(C)ccc2C(C)C)cc1. The van der Waals surface area contributed by atoms with Gasteiger partial charge in [-0.1, -0.05) is 26.0 Å². The molecule has 2 aromatic rings.